The average molecular weight is 246 g/mol. The van der Waals surface area contributed by atoms with Gasteiger partial charge in [-0.15, -0.1) is 10.2 Å². The van der Waals surface area contributed by atoms with Crippen molar-refractivity contribution in [2.45, 2.75) is 5.16 Å². The molecule has 0 saturated carbocycles. The van der Waals surface area contributed by atoms with Gasteiger partial charge in [-0.3, -0.25) is 0 Å². The van der Waals surface area contributed by atoms with Gasteiger partial charge in [0.25, 0.3) is 0 Å². The lowest BCUT2D eigenvalue weighted by molar-refractivity contribution is 0.415. The van der Waals surface area contributed by atoms with E-state index < -0.39 is 0 Å². The SMILES string of the molecule is COc1ccc(-c2nnc(SCC#N)[nH]2)cc1. The lowest BCUT2D eigenvalue weighted by atomic mass is 10.2. The minimum Gasteiger partial charge on any atom is -0.497 e. The van der Waals surface area contributed by atoms with Crippen molar-refractivity contribution in [2.75, 3.05) is 12.9 Å². The van der Waals surface area contributed by atoms with Crippen molar-refractivity contribution >= 4 is 11.8 Å². The molecule has 0 unspecified atom stereocenters. The molecule has 6 heteroatoms. The van der Waals surface area contributed by atoms with Crippen molar-refractivity contribution in [3.8, 4) is 23.2 Å². The normalized spacial score (nSPS) is 9.88. The highest BCUT2D eigenvalue weighted by Crippen LogP contribution is 2.21. The fourth-order valence-corrected chi connectivity index (χ4v) is 1.76. The Balaban J connectivity index is 2.16. The minimum atomic E-state index is 0.358. The summed E-state index contributed by atoms with van der Waals surface area (Å²) in [5, 5.41) is 17.1. The van der Waals surface area contributed by atoms with E-state index in [2.05, 4.69) is 15.2 Å². The molecule has 1 aromatic heterocycles. The summed E-state index contributed by atoms with van der Waals surface area (Å²) in [6, 6.07) is 9.56. The number of benzene rings is 1. The zero-order chi connectivity index (χ0) is 12.1. The molecule has 0 spiro atoms. The van der Waals surface area contributed by atoms with E-state index in [4.69, 9.17) is 10.00 Å². The van der Waals surface area contributed by atoms with Crippen LogP contribution < -0.4 is 4.74 Å². The lowest BCUT2D eigenvalue weighted by Crippen LogP contribution is -1.84. The van der Waals surface area contributed by atoms with E-state index in [0.717, 1.165) is 11.3 Å². The average Bonchev–Trinajstić information content (AvgIpc) is 2.85. The van der Waals surface area contributed by atoms with Gasteiger partial charge in [-0.2, -0.15) is 5.26 Å². The van der Waals surface area contributed by atoms with Crippen molar-refractivity contribution in [1.82, 2.24) is 15.2 Å². The van der Waals surface area contributed by atoms with Crippen LogP contribution in [0.3, 0.4) is 0 Å². The molecular weight excluding hydrogens is 236 g/mol. The second-order valence-electron chi connectivity index (χ2n) is 3.15. The van der Waals surface area contributed by atoms with Gasteiger partial charge in [0.1, 0.15) is 5.75 Å². The van der Waals surface area contributed by atoms with Crippen LogP contribution in [-0.4, -0.2) is 28.0 Å². The molecular formula is C11H10N4OS. The van der Waals surface area contributed by atoms with E-state index in [1.54, 1.807) is 7.11 Å². The van der Waals surface area contributed by atoms with E-state index in [-0.39, 0.29) is 0 Å². The molecule has 86 valence electrons. The Morgan fingerprint density at radius 1 is 1.35 bits per heavy atom. The van der Waals surface area contributed by atoms with E-state index in [1.165, 1.54) is 11.8 Å². The van der Waals surface area contributed by atoms with Gasteiger partial charge in [-0.1, -0.05) is 11.8 Å². The Kier molecular flexibility index (Phi) is 3.62. The van der Waals surface area contributed by atoms with Gasteiger partial charge in [-0.25, -0.2) is 0 Å². The van der Waals surface area contributed by atoms with Crippen LogP contribution in [-0.2, 0) is 0 Å². The fraction of sp³-hybridized carbons (Fsp3) is 0.182. The van der Waals surface area contributed by atoms with Crippen LogP contribution in [0.1, 0.15) is 0 Å². The molecule has 0 fully saturated rings. The predicted octanol–water partition coefficient (Wildman–Crippen LogP) is 2.10. The standard InChI is InChI=1S/C11H10N4OS/c1-16-9-4-2-8(3-5-9)10-13-11(15-14-10)17-7-6-12/h2-5H,7H2,1H3,(H,13,14,15). The Labute approximate surface area is 103 Å². The fourth-order valence-electron chi connectivity index (χ4n) is 1.29. The van der Waals surface area contributed by atoms with Gasteiger partial charge in [0, 0.05) is 5.56 Å². The second-order valence-corrected chi connectivity index (χ2v) is 4.12. The van der Waals surface area contributed by atoms with Crippen molar-refractivity contribution < 1.29 is 4.74 Å². The molecule has 0 radical (unpaired) electrons. The molecule has 5 nitrogen and oxygen atoms in total. The summed E-state index contributed by atoms with van der Waals surface area (Å²) in [7, 11) is 1.63. The number of hydrogen-bond donors (Lipinski definition) is 1. The molecule has 2 aromatic rings. The van der Waals surface area contributed by atoms with Crippen molar-refractivity contribution in [3.63, 3.8) is 0 Å². The summed E-state index contributed by atoms with van der Waals surface area (Å²) in [6.45, 7) is 0. The number of rotatable bonds is 4. The first-order valence-corrected chi connectivity index (χ1v) is 5.89. The highest BCUT2D eigenvalue weighted by molar-refractivity contribution is 7.99. The van der Waals surface area contributed by atoms with Gasteiger partial charge in [0.15, 0.2) is 11.0 Å². The summed E-state index contributed by atoms with van der Waals surface area (Å²) in [5.74, 6) is 1.84. The van der Waals surface area contributed by atoms with Crippen molar-refractivity contribution in [2.24, 2.45) is 0 Å². The van der Waals surface area contributed by atoms with Crippen molar-refractivity contribution in [3.05, 3.63) is 24.3 Å². The van der Waals surface area contributed by atoms with Crippen LogP contribution in [0.25, 0.3) is 11.4 Å². The lowest BCUT2D eigenvalue weighted by Gasteiger charge is -1.99. The molecule has 0 aliphatic carbocycles. The molecule has 2 rings (SSSR count). The number of ether oxygens (including phenoxy) is 1. The number of nitrogens with one attached hydrogen (secondary N) is 1. The molecule has 0 atom stereocenters. The number of H-pyrrole nitrogens is 1. The van der Waals surface area contributed by atoms with E-state index in [0.29, 0.717) is 16.7 Å². The van der Waals surface area contributed by atoms with E-state index in [9.17, 15) is 0 Å². The van der Waals surface area contributed by atoms with Crippen LogP contribution in [0.5, 0.6) is 5.75 Å². The second kappa shape index (κ2) is 5.37. The number of methoxy groups -OCH3 is 1. The smallest absolute Gasteiger partial charge is 0.189 e. The maximum absolute atomic E-state index is 8.46. The van der Waals surface area contributed by atoms with Crippen LogP contribution in [0.15, 0.2) is 29.4 Å². The Hall–Kier alpha value is -2.00. The Morgan fingerprint density at radius 3 is 2.76 bits per heavy atom. The maximum atomic E-state index is 8.46. The molecule has 0 amide bonds. The van der Waals surface area contributed by atoms with Gasteiger partial charge >= 0.3 is 0 Å². The first-order valence-electron chi connectivity index (χ1n) is 4.90. The Bertz CT molecular complexity index is 529. The molecule has 1 aromatic carbocycles. The molecule has 1 heterocycles. The molecule has 0 aliphatic heterocycles. The summed E-state index contributed by atoms with van der Waals surface area (Å²) in [4.78, 5) is 3.05. The molecule has 0 saturated heterocycles. The number of aromatic nitrogens is 3. The quantitative estimate of drug-likeness (QED) is 0.836. The van der Waals surface area contributed by atoms with Gasteiger partial charge < -0.3 is 9.72 Å². The van der Waals surface area contributed by atoms with Crippen LogP contribution in [0, 0.1) is 11.3 Å². The summed E-state index contributed by atoms with van der Waals surface area (Å²) in [6.07, 6.45) is 0. The summed E-state index contributed by atoms with van der Waals surface area (Å²) >= 11 is 1.33. The number of thioether (sulfide) groups is 1. The summed E-state index contributed by atoms with van der Waals surface area (Å²) < 4.78 is 5.08. The van der Waals surface area contributed by atoms with Gasteiger partial charge in [-0.05, 0) is 24.3 Å². The number of nitrogens with zero attached hydrogens (tertiary/aromatic N) is 3. The zero-order valence-corrected chi connectivity index (χ0v) is 9.99. The predicted molar refractivity (Wildman–Crippen MR) is 64.7 cm³/mol. The molecule has 0 bridgehead atoms. The molecule has 1 N–H and O–H groups in total. The monoisotopic (exact) mass is 246 g/mol. The number of hydrogen-bond acceptors (Lipinski definition) is 5. The topological polar surface area (TPSA) is 74.6 Å². The van der Waals surface area contributed by atoms with Crippen molar-refractivity contribution in [1.29, 1.82) is 5.26 Å². The van der Waals surface area contributed by atoms with E-state index in [1.807, 2.05) is 30.3 Å². The zero-order valence-electron chi connectivity index (χ0n) is 9.17. The minimum absolute atomic E-state index is 0.358. The number of aromatic amines is 1. The third-order valence-electron chi connectivity index (χ3n) is 2.10. The van der Waals surface area contributed by atoms with E-state index >= 15 is 0 Å². The van der Waals surface area contributed by atoms with Gasteiger partial charge in [0.05, 0.1) is 18.9 Å². The van der Waals surface area contributed by atoms with Gasteiger partial charge in [0.2, 0.25) is 0 Å². The first kappa shape index (κ1) is 11.5. The third kappa shape index (κ3) is 2.77. The first-order chi connectivity index (χ1) is 8.33. The van der Waals surface area contributed by atoms with Crippen LogP contribution >= 0.6 is 11.8 Å². The highest BCUT2D eigenvalue weighted by atomic mass is 32.2. The third-order valence-corrected chi connectivity index (χ3v) is 2.83. The maximum Gasteiger partial charge on any atom is 0.189 e. The van der Waals surface area contributed by atoms with Crippen LogP contribution in [0.2, 0.25) is 0 Å². The summed E-state index contributed by atoms with van der Waals surface area (Å²) in [5.41, 5.74) is 0.933. The highest BCUT2D eigenvalue weighted by Gasteiger charge is 2.05. The molecule has 17 heavy (non-hydrogen) atoms. The number of nitriles is 1. The molecule has 0 aliphatic rings. The Morgan fingerprint density at radius 2 is 2.12 bits per heavy atom. The van der Waals surface area contributed by atoms with Crippen LogP contribution in [0.4, 0.5) is 0 Å². The largest absolute Gasteiger partial charge is 0.497 e.